The van der Waals surface area contributed by atoms with Crippen LogP contribution in [0.2, 0.25) is 0 Å². The summed E-state index contributed by atoms with van der Waals surface area (Å²) in [6.07, 6.45) is -0.0484. The van der Waals surface area contributed by atoms with Crippen molar-refractivity contribution in [1.29, 1.82) is 0 Å². The zero-order valence-electron chi connectivity index (χ0n) is 11.3. The molecule has 0 bridgehead atoms. The predicted molar refractivity (Wildman–Crippen MR) is 79.4 cm³/mol. The minimum atomic E-state index is -0.498. The lowest BCUT2D eigenvalue weighted by atomic mass is 10.1. The summed E-state index contributed by atoms with van der Waals surface area (Å²) in [7, 11) is 0. The number of hydrogen-bond acceptors (Lipinski definition) is 4. The fraction of sp³-hybridized carbons (Fsp3) is 0.357. The fourth-order valence-corrected chi connectivity index (χ4v) is 3.20. The van der Waals surface area contributed by atoms with Gasteiger partial charge in [-0.25, -0.2) is 4.39 Å². The van der Waals surface area contributed by atoms with E-state index in [4.69, 9.17) is 5.73 Å². The highest BCUT2D eigenvalue weighted by Crippen LogP contribution is 2.35. The van der Waals surface area contributed by atoms with E-state index in [-0.39, 0.29) is 17.6 Å². The molecule has 1 aromatic heterocycles. The molecule has 0 saturated heterocycles. The third-order valence-corrected chi connectivity index (χ3v) is 4.15. The molecule has 6 heteroatoms. The highest BCUT2D eigenvalue weighted by molar-refractivity contribution is 7.21. The molecule has 2 aromatic rings. The Morgan fingerprint density at radius 3 is 2.80 bits per heavy atom. The third kappa shape index (κ3) is 2.91. The van der Waals surface area contributed by atoms with E-state index in [9.17, 15) is 14.3 Å². The molecule has 0 spiro atoms. The van der Waals surface area contributed by atoms with Crippen LogP contribution in [0.25, 0.3) is 10.1 Å². The molecule has 108 valence electrons. The van der Waals surface area contributed by atoms with Gasteiger partial charge >= 0.3 is 0 Å². The second-order valence-corrected chi connectivity index (χ2v) is 5.97. The molecule has 1 aromatic carbocycles. The Kier molecular flexibility index (Phi) is 4.25. The van der Waals surface area contributed by atoms with E-state index in [1.807, 2.05) is 0 Å². The third-order valence-electron chi connectivity index (χ3n) is 2.98. The molecule has 0 radical (unpaired) electrons. The van der Waals surface area contributed by atoms with E-state index < -0.39 is 11.9 Å². The molecule has 2 atom stereocenters. The molecule has 1 heterocycles. The summed E-state index contributed by atoms with van der Waals surface area (Å²) in [6, 6.07) is 4.46. The maximum Gasteiger partial charge on any atom is 0.263 e. The standard InChI is InChI=1S/C14H17FN2O2S/c1-7(6-8(2)18)17-14(19)13-12(16)11-9(15)4-3-5-10(11)20-13/h3-5,7-8,18H,6,16H2,1-2H3,(H,17,19). The Morgan fingerprint density at radius 1 is 1.50 bits per heavy atom. The average Bonchev–Trinajstić information content (AvgIpc) is 2.67. The van der Waals surface area contributed by atoms with E-state index in [2.05, 4.69) is 5.32 Å². The van der Waals surface area contributed by atoms with Gasteiger partial charge in [-0.15, -0.1) is 11.3 Å². The summed E-state index contributed by atoms with van der Waals surface area (Å²) in [5.41, 5.74) is 6.05. The Morgan fingerprint density at radius 2 is 2.20 bits per heavy atom. The average molecular weight is 296 g/mol. The SMILES string of the molecule is CC(O)CC(C)NC(=O)c1sc2cccc(F)c2c1N. The lowest BCUT2D eigenvalue weighted by Gasteiger charge is -2.14. The van der Waals surface area contributed by atoms with Crippen molar-refractivity contribution in [3.8, 4) is 0 Å². The van der Waals surface area contributed by atoms with Crippen LogP contribution in [0.3, 0.4) is 0 Å². The largest absolute Gasteiger partial charge is 0.397 e. The molecular weight excluding hydrogens is 279 g/mol. The number of halogens is 1. The van der Waals surface area contributed by atoms with Crippen molar-refractivity contribution in [2.24, 2.45) is 0 Å². The smallest absolute Gasteiger partial charge is 0.263 e. The quantitative estimate of drug-likeness (QED) is 0.811. The lowest BCUT2D eigenvalue weighted by molar-refractivity contribution is 0.0928. The van der Waals surface area contributed by atoms with Gasteiger partial charge < -0.3 is 16.2 Å². The number of amides is 1. The van der Waals surface area contributed by atoms with Gasteiger partial charge in [-0.05, 0) is 32.4 Å². The molecule has 0 saturated carbocycles. The molecule has 2 rings (SSSR count). The summed E-state index contributed by atoms with van der Waals surface area (Å²) in [6.45, 7) is 3.46. The second-order valence-electron chi connectivity index (χ2n) is 4.92. The molecule has 1 amide bonds. The van der Waals surface area contributed by atoms with Gasteiger partial charge in [0.25, 0.3) is 5.91 Å². The number of nitrogens with one attached hydrogen (secondary N) is 1. The Labute approximate surface area is 120 Å². The highest BCUT2D eigenvalue weighted by atomic mass is 32.1. The van der Waals surface area contributed by atoms with Crippen LogP contribution in [0.4, 0.5) is 10.1 Å². The number of carbonyl (C=O) groups is 1. The molecule has 0 aliphatic carbocycles. The minimum Gasteiger partial charge on any atom is -0.397 e. The van der Waals surface area contributed by atoms with Crippen LogP contribution in [0, 0.1) is 5.82 Å². The number of hydrogen-bond donors (Lipinski definition) is 3. The molecule has 20 heavy (non-hydrogen) atoms. The summed E-state index contributed by atoms with van der Waals surface area (Å²) >= 11 is 1.17. The van der Waals surface area contributed by atoms with Crippen LogP contribution >= 0.6 is 11.3 Å². The maximum absolute atomic E-state index is 13.7. The number of carbonyl (C=O) groups excluding carboxylic acids is 1. The van der Waals surface area contributed by atoms with Crippen LogP contribution in [-0.2, 0) is 0 Å². The first-order valence-corrected chi connectivity index (χ1v) is 7.17. The van der Waals surface area contributed by atoms with Gasteiger partial charge in [-0.3, -0.25) is 4.79 Å². The van der Waals surface area contributed by atoms with Crippen molar-refractivity contribution in [3.05, 3.63) is 28.9 Å². The number of benzene rings is 1. The van der Waals surface area contributed by atoms with Crippen LogP contribution in [-0.4, -0.2) is 23.2 Å². The number of nitrogens with two attached hydrogens (primary N) is 1. The molecule has 4 N–H and O–H groups in total. The summed E-state index contributed by atoms with van der Waals surface area (Å²) in [5.74, 6) is -0.761. The molecular formula is C14H17FN2O2S. The number of aliphatic hydroxyl groups excluding tert-OH is 1. The Balaban J connectivity index is 2.27. The van der Waals surface area contributed by atoms with Gasteiger partial charge in [0.15, 0.2) is 0 Å². The van der Waals surface area contributed by atoms with Gasteiger partial charge in [0.1, 0.15) is 10.7 Å². The summed E-state index contributed by atoms with van der Waals surface area (Å²) < 4.78 is 14.4. The van der Waals surface area contributed by atoms with Crippen molar-refractivity contribution < 1.29 is 14.3 Å². The highest BCUT2D eigenvalue weighted by Gasteiger charge is 2.20. The number of nitrogen functional groups attached to an aromatic ring is 1. The second kappa shape index (κ2) is 5.76. The first kappa shape index (κ1) is 14.7. The van der Waals surface area contributed by atoms with E-state index in [1.165, 1.54) is 17.4 Å². The number of anilines is 1. The zero-order valence-corrected chi connectivity index (χ0v) is 12.1. The molecule has 0 aliphatic rings. The number of thiophene rings is 1. The first-order valence-electron chi connectivity index (χ1n) is 6.35. The minimum absolute atomic E-state index is 0.171. The summed E-state index contributed by atoms with van der Waals surface area (Å²) in [5, 5.41) is 12.3. The van der Waals surface area contributed by atoms with Gasteiger partial charge in [0, 0.05) is 10.7 Å². The van der Waals surface area contributed by atoms with Crippen LogP contribution in [0.15, 0.2) is 18.2 Å². The first-order chi connectivity index (χ1) is 9.40. The monoisotopic (exact) mass is 296 g/mol. The zero-order chi connectivity index (χ0) is 14.9. The van der Waals surface area contributed by atoms with Crippen molar-refractivity contribution in [2.75, 3.05) is 5.73 Å². The van der Waals surface area contributed by atoms with Crippen molar-refractivity contribution in [1.82, 2.24) is 5.32 Å². The van der Waals surface area contributed by atoms with Gasteiger partial charge in [-0.2, -0.15) is 0 Å². The topological polar surface area (TPSA) is 75.3 Å². The summed E-state index contributed by atoms with van der Waals surface area (Å²) in [4.78, 5) is 12.5. The van der Waals surface area contributed by atoms with Crippen molar-refractivity contribution in [2.45, 2.75) is 32.4 Å². The Bertz CT molecular complexity index is 639. The van der Waals surface area contributed by atoms with Crippen LogP contribution in [0.5, 0.6) is 0 Å². The van der Waals surface area contributed by atoms with E-state index in [0.717, 1.165) is 0 Å². The van der Waals surface area contributed by atoms with Gasteiger partial charge in [0.05, 0.1) is 17.2 Å². The van der Waals surface area contributed by atoms with Gasteiger partial charge in [0.2, 0.25) is 0 Å². The predicted octanol–water partition coefficient (Wildman–Crippen LogP) is 2.51. The van der Waals surface area contributed by atoms with E-state index in [0.29, 0.717) is 21.4 Å². The molecule has 2 unspecified atom stereocenters. The van der Waals surface area contributed by atoms with Gasteiger partial charge in [-0.1, -0.05) is 6.07 Å². The number of rotatable bonds is 4. The van der Waals surface area contributed by atoms with Crippen LogP contribution in [0.1, 0.15) is 29.9 Å². The number of fused-ring (bicyclic) bond motifs is 1. The molecule has 4 nitrogen and oxygen atoms in total. The Hall–Kier alpha value is -1.66. The van der Waals surface area contributed by atoms with E-state index >= 15 is 0 Å². The number of aliphatic hydroxyl groups is 1. The normalized spacial score (nSPS) is 14.2. The molecule has 0 aliphatic heterocycles. The molecule has 0 fully saturated rings. The van der Waals surface area contributed by atoms with Crippen molar-refractivity contribution in [3.63, 3.8) is 0 Å². The lowest BCUT2D eigenvalue weighted by Crippen LogP contribution is -2.34. The van der Waals surface area contributed by atoms with E-state index in [1.54, 1.807) is 26.0 Å². The van der Waals surface area contributed by atoms with Crippen LogP contribution < -0.4 is 11.1 Å². The van der Waals surface area contributed by atoms with Crippen molar-refractivity contribution >= 4 is 33.0 Å². The fourth-order valence-electron chi connectivity index (χ4n) is 2.16. The maximum atomic E-state index is 13.7.